The molecule has 0 fully saturated rings. The van der Waals surface area contributed by atoms with Gasteiger partial charge in [-0.1, -0.05) is 6.07 Å². The highest BCUT2D eigenvalue weighted by atomic mass is 19.1. The number of carbonyl (C=O) groups is 1. The topological polar surface area (TPSA) is 91.7 Å². The van der Waals surface area contributed by atoms with Gasteiger partial charge in [0.05, 0.1) is 5.69 Å². The summed E-state index contributed by atoms with van der Waals surface area (Å²) in [6.45, 7) is 0. The Morgan fingerprint density at radius 3 is 2.56 bits per heavy atom. The van der Waals surface area contributed by atoms with E-state index < -0.39 is 29.0 Å². The SMILES string of the molecule is CNC(=O)c1cc(Oc2ccc(F)c(O)c2)nc(-c2cccc(O)c2F)c1. The van der Waals surface area contributed by atoms with Gasteiger partial charge in [0.25, 0.3) is 5.91 Å². The fraction of sp³-hybridized carbons (Fsp3) is 0.0526. The van der Waals surface area contributed by atoms with Crippen LogP contribution >= 0.6 is 0 Å². The Hall–Kier alpha value is -3.68. The van der Waals surface area contributed by atoms with Crippen LogP contribution in [0.2, 0.25) is 0 Å². The highest BCUT2D eigenvalue weighted by molar-refractivity contribution is 5.95. The zero-order chi connectivity index (χ0) is 19.6. The van der Waals surface area contributed by atoms with Crippen LogP contribution in [0.1, 0.15) is 10.4 Å². The lowest BCUT2D eigenvalue weighted by Crippen LogP contribution is -2.18. The van der Waals surface area contributed by atoms with Gasteiger partial charge in [-0.2, -0.15) is 0 Å². The van der Waals surface area contributed by atoms with Gasteiger partial charge >= 0.3 is 0 Å². The first-order chi connectivity index (χ1) is 12.9. The summed E-state index contributed by atoms with van der Waals surface area (Å²) < 4.78 is 32.9. The second-order valence-electron chi connectivity index (χ2n) is 5.51. The normalized spacial score (nSPS) is 10.5. The van der Waals surface area contributed by atoms with Gasteiger partial charge < -0.3 is 20.3 Å². The van der Waals surface area contributed by atoms with E-state index in [4.69, 9.17) is 4.74 Å². The van der Waals surface area contributed by atoms with Crippen LogP contribution in [0, 0.1) is 11.6 Å². The van der Waals surface area contributed by atoms with Crippen LogP contribution in [0.5, 0.6) is 23.1 Å². The number of phenolic OH excluding ortho intramolecular Hbond substituents is 2. The van der Waals surface area contributed by atoms with Crippen LogP contribution in [0.15, 0.2) is 48.5 Å². The predicted octanol–water partition coefficient (Wildman–Crippen LogP) is 3.59. The molecule has 27 heavy (non-hydrogen) atoms. The van der Waals surface area contributed by atoms with E-state index in [1.165, 1.54) is 43.4 Å². The average molecular weight is 372 g/mol. The number of hydrogen-bond acceptors (Lipinski definition) is 5. The van der Waals surface area contributed by atoms with Crippen molar-refractivity contribution in [1.82, 2.24) is 10.3 Å². The summed E-state index contributed by atoms with van der Waals surface area (Å²) in [4.78, 5) is 16.2. The van der Waals surface area contributed by atoms with E-state index in [1.54, 1.807) is 0 Å². The number of ether oxygens (including phenoxy) is 1. The van der Waals surface area contributed by atoms with Crippen LogP contribution in [0.4, 0.5) is 8.78 Å². The lowest BCUT2D eigenvalue weighted by atomic mass is 10.1. The van der Waals surface area contributed by atoms with Gasteiger partial charge in [0.1, 0.15) is 5.75 Å². The zero-order valence-electron chi connectivity index (χ0n) is 14.0. The molecule has 3 rings (SSSR count). The number of benzene rings is 2. The third kappa shape index (κ3) is 3.79. The van der Waals surface area contributed by atoms with E-state index in [0.717, 1.165) is 12.1 Å². The van der Waals surface area contributed by atoms with E-state index in [9.17, 15) is 23.8 Å². The maximum atomic E-state index is 14.3. The van der Waals surface area contributed by atoms with Crippen LogP contribution < -0.4 is 10.1 Å². The van der Waals surface area contributed by atoms with Gasteiger partial charge in [-0.3, -0.25) is 4.79 Å². The number of aromatic hydroxyl groups is 2. The molecule has 0 aliphatic rings. The van der Waals surface area contributed by atoms with E-state index in [0.29, 0.717) is 0 Å². The highest BCUT2D eigenvalue weighted by Gasteiger charge is 2.16. The van der Waals surface area contributed by atoms with E-state index >= 15 is 0 Å². The summed E-state index contributed by atoms with van der Waals surface area (Å²) in [5.74, 6) is -3.38. The zero-order valence-corrected chi connectivity index (χ0v) is 14.0. The van der Waals surface area contributed by atoms with Crippen molar-refractivity contribution in [3.63, 3.8) is 0 Å². The Kier molecular flexibility index (Phi) is 4.89. The quantitative estimate of drug-likeness (QED) is 0.651. The molecule has 8 heteroatoms. The molecule has 6 nitrogen and oxygen atoms in total. The van der Waals surface area contributed by atoms with Gasteiger partial charge in [0, 0.05) is 30.3 Å². The number of pyridine rings is 1. The number of phenols is 2. The minimum atomic E-state index is -0.899. The molecule has 0 saturated carbocycles. The molecule has 0 unspecified atom stereocenters. The molecule has 0 aliphatic heterocycles. The predicted molar refractivity (Wildman–Crippen MR) is 92.8 cm³/mol. The molecule has 138 valence electrons. The molecule has 2 aromatic carbocycles. The lowest BCUT2D eigenvalue weighted by Gasteiger charge is -2.11. The van der Waals surface area contributed by atoms with Crippen LogP contribution in [-0.2, 0) is 0 Å². The number of rotatable bonds is 4. The summed E-state index contributed by atoms with van der Waals surface area (Å²) in [6.07, 6.45) is 0. The van der Waals surface area contributed by atoms with Gasteiger partial charge in [-0.25, -0.2) is 13.8 Å². The van der Waals surface area contributed by atoms with Crippen LogP contribution in [-0.4, -0.2) is 28.2 Å². The van der Waals surface area contributed by atoms with Crippen molar-refractivity contribution in [1.29, 1.82) is 0 Å². The standard InChI is InChI=1S/C19H14F2N2O4/c1-22-19(26)10-7-14(12-3-2-4-15(24)18(12)21)23-17(8-10)27-11-5-6-13(20)16(25)9-11/h2-9,24-25H,1H3,(H,22,26). The number of amides is 1. The lowest BCUT2D eigenvalue weighted by molar-refractivity contribution is 0.0962. The Labute approximate surface area is 152 Å². The van der Waals surface area contributed by atoms with Crippen molar-refractivity contribution in [2.24, 2.45) is 0 Å². The first kappa shape index (κ1) is 18.1. The Morgan fingerprint density at radius 2 is 1.85 bits per heavy atom. The molecule has 0 bridgehead atoms. The second kappa shape index (κ2) is 7.28. The maximum Gasteiger partial charge on any atom is 0.251 e. The number of hydrogen-bond donors (Lipinski definition) is 3. The summed E-state index contributed by atoms with van der Waals surface area (Å²) in [7, 11) is 1.43. The van der Waals surface area contributed by atoms with Crippen LogP contribution in [0.3, 0.4) is 0 Å². The fourth-order valence-electron chi connectivity index (χ4n) is 2.37. The molecule has 0 atom stereocenters. The molecule has 0 radical (unpaired) electrons. The van der Waals surface area contributed by atoms with Crippen molar-refractivity contribution >= 4 is 5.91 Å². The molecule has 0 saturated heterocycles. The van der Waals surface area contributed by atoms with Crippen molar-refractivity contribution < 1.29 is 28.5 Å². The summed E-state index contributed by atoms with van der Waals surface area (Å²) >= 11 is 0. The smallest absolute Gasteiger partial charge is 0.251 e. The first-order valence-electron chi connectivity index (χ1n) is 7.77. The third-order valence-corrected chi connectivity index (χ3v) is 3.69. The number of halogens is 2. The fourth-order valence-corrected chi connectivity index (χ4v) is 2.37. The number of nitrogens with one attached hydrogen (secondary N) is 1. The van der Waals surface area contributed by atoms with E-state index in [-0.39, 0.29) is 28.5 Å². The van der Waals surface area contributed by atoms with Crippen molar-refractivity contribution in [3.8, 4) is 34.4 Å². The molecule has 3 aromatic rings. The van der Waals surface area contributed by atoms with E-state index in [2.05, 4.69) is 10.3 Å². The minimum Gasteiger partial charge on any atom is -0.505 e. The van der Waals surface area contributed by atoms with Crippen LogP contribution in [0.25, 0.3) is 11.3 Å². The van der Waals surface area contributed by atoms with E-state index in [1.807, 2.05) is 0 Å². The summed E-state index contributed by atoms with van der Waals surface area (Å²) in [6, 6.07) is 9.95. The number of nitrogens with zero attached hydrogens (tertiary/aromatic N) is 1. The highest BCUT2D eigenvalue weighted by Crippen LogP contribution is 2.31. The molecule has 0 spiro atoms. The van der Waals surface area contributed by atoms with Gasteiger partial charge in [0.2, 0.25) is 5.88 Å². The van der Waals surface area contributed by atoms with Crippen molar-refractivity contribution in [2.75, 3.05) is 7.05 Å². The first-order valence-corrected chi connectivity index (χ1v) is 7.77. The monoisotopic (exact) mass is 372 g/mol. The van der Waals surface area contributed by atoms with Gasteiger partial charge in [-0.15, -0.1) is 0 Å². The Balaban J connectivity index is 2.09. The maximum absolute atomic E-state index is 14.3. The summed E-state index contributed by atoms with van der Waals surface area (Å²) in [5, 5.41) is 21.5. The molecule has 3 N–H and O–H groups in total. The molecule has 1 aromatic heterocycles. The second-order valence-corrected chi connectivity index (χ2v) is 5.51. The minimum absolute atomic E-state index is 0.0347. The Bertz CT molecular complexity index is 1020. The van der Waals surface area contributed by atoms with Crippen molar-refractivity contribution in [2.45, 2.75) is 0 Å². The molecular weight excluding hydrogens is 358 g/mol. The third-order valence-electron chi connectivity index (χ3n) is 3.69. The molecular formula is C19H14F2N2O4. The molecule has 1 heterocycles. The Morgan fingerprint density at radius 1 is 1.07 bits per heavy atom. The largest absolute Gasteiger partial charge is 0.505 e. The molecule has 1 amide bonds. The molecule has 0 aliphatic carbocycles. The number of aromatic nitrogens is 1. The summed E-state index contributed by atoms with van der Waals surface area (Å²) in [5.41, 5.74) is 0.143. The van der Waals surface area contributed by atoms with Gasteiger partial charge in [-0.05, 0) is 30.3 Å². The number of carbonyl (C=O) groups excluding carboxylic acids is 1. The average Bonchev–Trinajstić information content (AvgIpc) is 2.66. The van der Waals surface area contributed by atoms with Gasteiger partial charge in [0.15, 0.2) is 23.1 Å². The van der Waals surface area contributed by atoms with Crippen molar-refractivity contribution in [3.05, 3.63) is 65.7 Å².